The third kappa shape index (κ3) is 6.97. The molecule has 0 atom stereocenters. The number of rotatable bonds is 3. The van der Waals surface area contributed by atoms with Gasteiger partial charge < -0.3 is 0 Å². The Balaban J connectivity index is 3.17. The van der Waals surface area contributed by atoms with Crippen molar-refractivity contribution in [1.82, 2.24) is 0 Å². The Labute approximate surface area is 56.3 Å². The topological polar surface area (TPSA) is 23.8 Å². The number of hydrogen-bond acceptors (Lipinski definition) is 1. The van der Waals surface area contributed by atoms with Gasteiger partial charge in [0.25, 0.3) is 0 Å². The zero-order valence-electron chi connectivity index (χ0n) is 5.67. The molecule has 0 aromatic carbocycles. The van der Waals surface area contributed by atoms with Crippen LogP contribution in [-0.2, 0) is 0 Å². The van der Waals surface area contributed by atoms with Crippen LogP contribution in [0.25, 0.3) is 0 Å². The van der Waals surface area contributed by atoms with E-state index in [1.807, 2.05) is 37.3 Å². The third-order valence-corrected chi connectivity index (χ3v) is 0.884. The van der Waals surface area contributed by atoms with Gasteiger partial charge in [-0.3, -0.25) is 0 Å². The summed E-state index contributed by atoms with van der Waals surface area (Å²) in [4.78, 5) is 0. The van der Waals surface area contributed by atoms with E-state index in [9.17, 15) is 0 Å². The average Bonchev–Trinajstić information content (AvgIpc) is 1.89. The fourth-order valence-electron chi connectivity index (χ4n) is 0.447. The molecule has 0 aromatic heterocycles. The SMILES string of the molecule is C/C=C/C/C=C/CC#N. The maximum atomic E-state index is 8.10. The minimum absolute atomic E-state index is 0.525. The number of allylic oxidation sites excluding steroid dienone is 4. The van der Waals surface area contributed by atoms with E-state index >= 15 is 0 Å². The van der Waals surface area contributed by atoms with Crippen molar-refractivity contribution in [1.29, 1.82) is 5.26 Å². The van der Waals surface area contributed by atoms with Gasteiger partial charge in [0.2, 0.25) is 0 Å². The van der Waals surface area contributed by atoms with E-state index in [0.29, 0.717) is 6.42 Å². The highest BCUT2D eigenvalue weighted by Crippen LogP contribution is 1.86. The first-order chi connectivity index (χ1) is 4.41. The van der Waals surface area contributed by atoms with Gasteiger partial charge in [-0.15, -0.1) is 0 Å². The summed E-state index contributed by atoms with van der Waals surface area (Å²) >= 11 is 0. The van der Waals surface area contributed by atoms with E-state index in [2.05, 4.69) is 0 Å². The Morgan fingerprint density at radius 3 is 2.67 bits per heavy atom. The molecule has 0 aromatic rings. The number of nitrogens with zero attached hydrogens (tertiary/aromatic N) is 1. The van der Waals surface area contributed by atoms with E-state index < -0.39 is 0 Å². The summed E-state index contributed by atoms with van der Waals surface area (Å²) < 4.78 is 0. The molecule has 0 radical (unpaired) electrons. The number of hydrogen-bond donors (Lipinski definition) is 0. The molecule has 0 heterocycles. The predicted molar refractivity (Wildman–Crippen MR) is 38.8 cm³/mol. The van der Waals surface area contributed by atoms with E-state index in [1.165, 1.54) is 0 Å². The number of nitriles is 1. The van der Waals surface area contributed by atoms with Crippen LogP contribution in [0.3, 0.4) is 0 Å². The van der Waals surface area contributed by atoms with E-state index in [4.69, 9.17) is 5.26 Å². The second-order valence-corrected chi connectivity index (χ2v) is 1.64. The van der Waals surface area contributed by atoms with Gasteiger partial charge in [-0.25, -0.2) is 0 Å². The summed E-state index contributed by atoms with van der Waals surface area (Å²) in [6, 6.07) is 2.03. The highest BCUT2D eigenvalue weighted by Gasteiger charge is 1.69. The van der Waals surface area contributed by atoms with Gasteiger partial charge in [-0.2, -0.15) is 5.26 Å². The van der Waals surface area contributed by atoms with Crippen LogP contribution in [0.2, 0.25) is 0 Å². The molecule has 0 unspecified atom stereocenters. The minimum atomic E-state index is 0.525. The molecule has 0 N–H and O–H groups in total. The molecule has 0 aliphatic rings. The monoisotopic (exact) mass is 121 g/mol. The molecular weight excluding hydrogens is 110 g/mol. The molecule has 0 amide bonds. The van der Waals surface area contributed by atoms with Crippen LogP contribution in [0.5, 0.6) is 0 Å². The second-order valence-electron chi connectivity index (χ2n) is 1.64. The Bertz CT molecular complexity index is 137. The molecule has 0 spiro atoms. The van der Waals surface area contributed by atoms with Crippen molar-refractivity contribution in [3.05, 3.63) is 24.3 Å². The predicted octanol–water partition coefficient (Wildman–Crippen LogP) is 2.42. The quantitative estimate of drug-likeness (QED) is 0.526. The van der Waals surface area contributed by atoms with Crippen LogP contribution in [0.1, 0.15) is 19.8 Å². The van der Waals surface area contributed by atoms with Gasteiger partial charge >= 0.3 is 0 Å². The molecule has 1 nitrogen and oxygen atoms in total. The fourth-order valence-corrected chi connectivity index (χ4v) is 0.447. The molecule has 0 fully saturated rings. The van der Waals surface area contributed by atoms with Crippen molar-refractivity contribution in [2.24, 2.45) is 0 Å². The first-order valence-corrected chi connectivity index (χ1v) is 3.05. The Morgan fingerprint density at radius 1 is 1.33 bits per heavy atom. The molecule has 0 aliphatic heterocycles. The Morgan fingerprint density at radius 2 is 2.11 bits per heavy atom. The summed E-state index contributed by atoms with van der Waals surface area (Å²) in [6.45, 7) is 1.98. The van der Waals surface area contributed by atoms with Crippen LogP contribution in [0, 0.1) is 11.3 Å². The maximum absolute atomic E-state index is 8.10. The standard InChI is InChI=1S/C8H11N/c1-2-3-4-5-6-7-8-9/h2-3,5-6H,4,7H2,1H3/b3-2+,6-5+. The lowest BCUT2D eigenvalue weighted by Crippen LogP contribution is -1.58. The fraction of sp³-hybridized carbons (Fsp3) is 0.375. The van der Waals surface area contributed by atoms with E-state index in [1.54, 1.807) is 0 Å². The average molecular weight is 121 g/mol. The van der Waals surface area contributed by atoms with Gasteiger partial charge in [0, 0.05) is 0 Å². The molecule has 0 saturated carbocycles. The molecule has 9 heavy (non-hydrogen) atoms. The van der Waals surface area contributed by atoms with Gasteiger partial charge in [0.15, 0.2) is 0 Å². The van der Waals surface area contributed by atoms with E-state index in [-0.39, 0.29) is 0 Å². The lowest BCUT2D eigenvalue weighted by Gasteiger charge is -1.76. The lowest BCUT2D eigenvalue weighted by atomic mass is 10.3. The van der Waals surface area contributed by atoms with Crippen molar-refractivity contribution < 1.29 is 0 Å². The zero-order chi connectivity index (χ0) is 6.95. The summed E-state index contributed by atoms with van der Waals surface area (Å²) in [5, 5.41) is 8.10. The van der Waals surface area contributed by atoms with Crippen molar-refractivity contribution >= 4 is 0 Å². The molecule has 0 saturated heterocycles. The van der Waals surface area contributed by atoms with Gasteiger partial charge in [-0.05, 0) is 13.3 Å². The van der Waals surface area contributed by atoms with E-state index in [0.717, 1.165) is 6.42 Å². The van der Waals surface area contributed by atoms with Crippen LogP contribution >= 0.6 is 0 Å². The minimum Gasteiger partial charge on any atom is -0.198 e. The van der Waals surface area contributed by atoms with Crippen LogP contribution in [-0.4, -0.2) is 0 Å². The molecule has 0 rings (SSSR count). The smallest absolute Gasteiger partial charge is 0.0663 e. The third-order valence-electron chi connectivity index (χ3n) is 0.884. The first-order valence-electron chi connectivity index (χ1n) is 3.05. The summed E-state index contributed by atoms with van der Waals surface area (Å²) in [5.74, 6) is 0. The van der Waals surface area contributed by atoms with Crippen molar-refractivity contribution in [2.75, 3.05) is 0 Å². The highest BCUT2D eigenvalue weighted by molar-refractivity contribution is 4.95. The maximum Gasteiger partial charge on any atom is 0.0663 e. The summed E-state index contributed by atoms with van der Waals surface area (Å²) in [6.07, 6.45) is 9.38. The van der Waals surface area contributed by atoms with Gasteiger partial charge in [0.05, 0.1) is 12.5 Å². The summed E-state index contributed by atoms with van der Waals surface area (Å²) in [5.41, 5.74) is 0. The lowest BCUT2D eigenvalue weighted by molar-refractivity contribution is 1.30. The molecule has 48 valence electrons. The van der Waals surface area contributed by atoms with Gasteiger partial charge in [0.1, 0.15) is 0 Å². The van der Waals surface area contributed by atoms with Crippen molar-refractivity contribution in [3.63, 3.8) is 0 Å². The zero-order valence-corrected chi connectivity index (χ0v) is 5.67. The molecule has 1 heteroatoms. The first kappa shape index (κ1) is 7.97. The normalized spacial score (nSPS) is 10.7. The van der Waals surface area contributed by atoms with Crippen LogP contribution in [0.4, 0.5) is 0 Å². The van der Waals surface area contributed by atoms with Crippen LogP contribution < -0.4 is 0 Å². The van der Waals surface area contributed by atoms with Crippen LogP contribution in [0.15, 0.2) is 24.3 Å². The van der Waals surface area contributed by atoms with Crippen molar-refractivity contribution in [3.8, 4) is 6.07 Å². The second kappa shape index (κ2) is 6.97. The largest absolute Gasteiger partial charge is 0.198 e. The summed E-state index contributed by atoms with van der Waals surface area (Å²) in [7, 11) is 0. The Kier molecular flexibility index (Phi) is 6.17. The Hall–Kier alpha value is -1.03. The van der Waals surface area contributed by atoms with Gasteiger partial charge in [-0.1, -0.05) is 24.3 Å². The highest BCUT2D eigenvalue weighted by atomic mass is 14.2. The van der Waals surface area contributed by atoms with Crippen molar-refractivity contribution in [2.45, 2.75) is 19.8 Å². The molecule has 0 bridgehead atoms. The molecule has 0 aliphatic carbocycles. The molecular formula is C8H11N.